The molecular formula is C15H22BrFN2O. The highest BCUT2D eigenvalue weighted by atomic mass is 79.9. The van der Waals surface area contributed by atoms with Gasteiger partial charge in [0.2, 0.25) is 0 Å². The third kappa shape index (κ3) is 4.52. The van der Waals surface area contributed by atoms with Crippen LogP contribution in [0.3, 0.4) is 0 Å². The van der Waals surface area contributed by atoms with E-state index in [4.69, 9.17) is 4.74 Å². The Labute approximate surface area is 128 Å². The van der Waals surface area contributed by atoms with E-state index < -0.39 is 0 Å². The van der Waals surface area contributed by atoms with E-state index >= 15 is 0 Å². The van der Waals surface area contributed by atoms with Gasteiger partial charge in [-0.05, 0) is 17.7 Å². The van der Waals surface area contributed by atoms with E-state index in [-0.39, 0.29) is 5.82 Å². The summed E-state index contributed by atoms with van der Waals surface area (Å²) in [5.74, 6) is -0.208. The lowest BCUT2D eigenvalue weighted by Crippen LogP contribution is -2.50. The number of halogens is 2. The first-order chi connectivity index (χ1) is 9.56. The van der Waals surface area contributed by atoms with Gasteiger partial charge in [-0.15, -0.1) is 0 Å². The lowest BCUT2D eigenvalue weighted by atomic mass is 10.1. The fourth-order valence-corrected chi connectivity index (χ4v) is 2.80. The Bertz CT molecular complexity index is 442. The summed E-state index contributed by atoms with van der Waals surface area (Å²) in [5.41, 5.74) is 1.11. The van der Waals surface area contributed by atoms with Crippen molar-refractivity contribution >= 4 is 15.9 Å². The van der Waals surface area contributed by atoms with Crippen LogP contribution in [0.2, 0.25) is 0 Å². The first kappa shape index (κ1) is 15.9. The molecule has 1 aliphatic heterocycles. The lowest BCUT2D eigenvalue weighted by molar-refractivity contribution is -0.0115. The number of rotatable bonds is 5. The molecule has 2 rings (SSSR count). The quantitative estimate of drug-likeness (QED) is 0.888. The Morgan fingerprint density at radius 2 is 2.30 bits per heavy atom. The minimum atomic E-state index is -0.208. The lowest BCUT2D eigenvalue weighted by Gasteiger charge is -2.36. The molecule has 112 valence electrons. The van der Waals surface area contributed by atoms with Crippen LogP contribution in [0.5, 0.6) is 0 Å². The fraction of sp³-hybridized carbons (Fsp3) is 0.600. The molecule has 1 heterocycles. The van der Waals surface area contributed by atoms with Crippen molar-refractivity contribution < 1.29 is 9.13 Å². The van der Waals surface area contributed by atoms with Crippen LogP contribution < -0.4 is 5.32 Å². The summed E-state index contributed by atoms with van der Waals surface area (Å²) in [6.07, 6.45) is 0. The van der Waals surface area contributed by atoms with Crippen molar-refractivity contribution in [2.24, 2.45) is 0 Å². The first-order valence-corrected chi connectivity index (χ1v) is 7.84. The molecule has 0 radical (unpaired) electrons. The van der Waals surface area contributed by atoms with Crippen molar-refractivity contribution in [2.75, 3.05) is 26.3 Å². The number of hydrogen-bond acceptors (Lipinski definition) is 3. The number of hydrogen-bond donors (Lipinski definition) is 1. The molecule has 5 heteroatoms. The van der Waals surface area contributed by atoms with Crippen molar-refractivity contribution in [1.82, 2.24) is 10.2 Å². The van der Waals surface area contributed by atoms with E-state index in [0.29, 0.717) is 12.1 Å². The van der Waals surface area contributed by atoms with Gasteiger partial charge in [0.15, 0.2) is 0 Å². The summed E-state index contributed by atoms with van der Waals surface area (Å²) < 4.78 is 19.5. The Hall–Kier alpha value is -0.490. The van der Waals surface area contributed by atoms with Gasteiger partial charge in [-0.1, -0.05) is 35.8 Å². The number of benzene rings is 1. The smallest absolute Gasteiger partial charge is 0.124 e. The fourth-order valence-electron chi connectivity index (χ4n) is 2.33. The summed E-state index contributed by atoms with van der Waals surface area (Å²) in [4.78, 5) is 2.40. The van der Waals surface area contributed by atoms with Gasteiger partial charge in [0.1, 0.15) is 5.82 Å². The van der Waals surface area contributed by atoms with E-state index in [2.05, 4.69) is 40.0 Å². The molecule has 1 unspecified atom stereocenters. The molecule has 1 aromatic rings. The third-order valence-electron chi connectivity index (χ3n) is 3.50. The van der Waals surface area contributed by atoms with Crippen LogP contribution in [0, 0.1) is 5.82 Å². The minimum Gasteiger partial charge on any atom is -0.378 e. The predicted octanol–water partition coefficient (Wildman–Crippen LogP) is 2.79. The van der Waals surface area contributed by atoms with Crippen LogP contribution >= 0.6 is 15.9 Å². The van der Waals surface area contributed by atoms with Crippen LogP contribution in [-0.2, 0) is 11.3 Å². The molecule has 1 N–H and O–H groups in total. The normalized spacial score (nSPS) is 20.6. The Morgan fingerprint density at radius 1 is 1.50 bits per heavy atom. The molecular weight excluding hydrogens is 323 g/mol. The second kappa shape index (κ2) is 7.50. The van der Waals surface area contributed by atoms with Crippen LogP contribution in [0.25, 0.3) is 0 Å². The molecule has 1 aromatic carbocycles. The maximum absolute atomic E-state index is 13.1. The SMILES string of the molecule is CC(C)NCC1COCCN1Cc1ccc(F)cc1Br. The van der Waals surface area contributed by atoms with Gasteiger partial charge in [0, 0.05) is 36.2 Å². The van der Waals surface area contributed by atoms with Gasteiger partial charge in [-0.3, -0.25) is 4.90 Å². The molecule has 3 nitrogen and oxygen atoms in total. The molecule has 1 saturated heterocycles. The first-order valence-electron chi connectivity index (χ1n) is 7.05. The minimum absolute atomic E-state index is 0.208. The van der Waals surface area contributed by atoms with Crippen molar-refractivity contribution in [3.8, 4) is 0 Å². The van der Waals surface area contributed by atoms with E-state index in [0.717, 1.165) is 42.9 Å². The number of morpholine rings is 1. The molecule has 0 spiro atoms. The molecule has 0 bridgehead atoms. The van der Waals surface area contributed by atoms with E-state index in [1.165, 1.54) is 12.1 Å². The van der Waals surface area contributed by atoms with Crippen molar-refractivity contribution in [2.45, 2.75) is 32.5 Å². The maximum Gasteiger partial charge on any atom is 0.124 e. The zero-order valence-corrected chi connectivity index (χ0v) is 13.6. The van der Waals surface area contributed by atoms with Crippen LogP contribution in [0.1, 0.15) is 19.4 Å². The zero-order valence-electron chi connectivity index (χ0n) is 12.0. The Balaban J connectivity index is 2.00. The Morgan fingerprint density at radius 3 is 3.00 bits per heavy atom. The second-order valence-corrected chi connectivity index (χ2v) is 6.35. The number of nitrogens with zero attached hydrogens (tertiary/aromatic N) is 1. The highest BCUT2D eigenvalue weighted by Gasteiger charge is 2.23. The van der Waals surface area contributed by atoms with Gasteiger partial charge < -0.3 is 10.1 Å². The highest BCUT2D eigenvalue weighted by molar-refractivity contribution is 9.10. The third-order valence-corrected chi connectivity index (χ3v) is 4.24. The molecule has 1 atom stereocenters. The van der Waals surface area contributed by atoms with Crippen LogP contribution in [0.4, 0.5) is 4.39 Å². The van der Waals surface area contributed by atoms with E-state index in [1.807, 2.05) is 6.07 Å². The average molecular weight is 345 g/mol. The van der Waals surface area contributed by atoms with E-state index in [9.17, 15) is 4.39 Å². The largest absolute Gasteiger partial charge is 0.378 e. The standard InChI is InChI=1S/C15H22BrFN2O/c1-11(2)18-8-14-10-20-6-5-19(14)9-12-3-4-13(17)7-15(12)16/h3-4,7,11,14,18H,5-6,8-10H2,1-2H3. The molecule has 1 fully saturated rings. The summed E-state index contributed by atoms with van der Waals surface area (Å²) in [6, 6.07) is 5.72. The molecule has 0 saturated carbocycles. The van der Waals surface area contributed by atoms with Crippen LogP contribution in [0.15, 0.2) is 22.7 Å². The second-order valence-electron chi connectivity index (χ2n) is 5.50. The van der Waals surface area contributed by atoms with Gasteiger partial charge in [0.05, 0.1) is 13.2 Å². The van der Waals surface area contributed by atoms with Gasteiger partial charge >= 0.3 is 0 Å². The predicted molar refractivity (Wildman–Crippen MR) is 82.3 cm³/mol. The summed E-state index contributed by atoms with van der Waals surface area (Å²) in [6.45, 7) is 8.43. The van der Waals surface area contributed by atoms with E-state index in [1.54, 1.807) is 0 Å². The van der Waals surface area contributed by atoms with Crippen LogP contribution in [-0.4, -0.2) is 43.3 Å². The Kier molecular flexibility index (Phi) is 5.96. The number of ether oxygens (including phenoxy) is 1. The zero-order chi connectivity index (χ0) is 14.5. The van der Waals surface area contributed by atoms with Gasteiger partial charge in [-0.25, -0.2) is 4.39 Å². The molecule has 20 heavy (non-hydrogen) atoms. The maximum atomic E-state index is 13.1. The monoisotopic (exact) mass is 344 g/mol. The molecule has 1 aliphatic rings. The van der Waals surface area contributed by atoms with Crippen molar-refractivity contribution in [3.63, 3.8) is 0 Å². The molecule has 0 amide bonds. The average Bonchev–Trinajstić information content (AvgIpc) is 2.41. The molecule has 0 aromatic heterocycles. The summed E-state index contributed by atoms with van der Waals surface area (Å²) in [7, 11) is 0. The summed E-state index contributed by atoms with van der Waals surface area (Å²) in [5, 5.41) is 3.46. The van der Waals surface area contributed by atoms with Gasteiger partial charge in [-0.2, -0.15) is 0 Å². The number of nitrogens with one attached hydrogen (secondary N) is 1. The molecule has 0 aliphatic carbocycles. The highest BCUT2D eigenvalue weighted by Crippen LogP contribution is 2.21. The topological polar surface area (TPSA) is 24.5 Å². The summed E-state index contributed by atoms with van der Waals surface area (Å²) >= 11 is 3.44. The van der Waals surface area contributed by atoms with Crippen molar-refractivity contribution in [1.29, 1.82) is 0 Å². The van der Waals surface area contributed by atoms with Crippen molar-refractivity contribution in [3.05, 3.63) is 34.1 Å². The van der Waals surface area contributed by atoms with Gasteiger partial charge in [0.25, 0.3) is 0 Å².